The summed E-state index contributed by atoms with van der Waals surface area (Å²) < 4.78 is 0. The molecule has 14 nitrogen and oxygen atoms in total. The van der Waals surface area contributed by atoms with Gasteiger partial charge in [-0.25, -0.2) is 14.8 Å². The number of aliphatic hydroxyl groups is 1. The number of nitrogen functional groups attached to an aromatic ring is 1. The largest absolute Gasteiger partial charge is 0.477 e. The molecule has 4 aliphatic rings. The monoisotopic (exact) mass is 606 g/mol. The van der Waals surface area contributed by atoms with E-state index in [1.807, 2.05) is 17.2 Å². The van der Waals surface area contributed by atoms with Crippen LogP contribution in [0.5, 0.6) is 0 Å². The fourth-order valence-corrected chi connectivity index (χ4v) is 7.19. The van der Waals surface area contributed by atoms with Gasteiger partial charge in [-0.2, -0.15) is 5.10 Å². The molecule has 0 aliphatic carbocycles. The second-order valence-corrected chi connectivity index (χ2v) is 11.9. The zero-order valence-corrected chi connectivity index (χ0v) is 23.7. The van der Waals surface area contributed by atoms with Gasteiger partial charge >= 0.3 is 5.97 Å². The van der Waals surface area contributed by atoms with E-state index < -0.39 is 29.2 Å². The average Bonchev–Trinajstić information content (AvgIpc) is 3.55. The highest BCUT2D eigenvalue weighted by atomic mass is 32.2. The van der Waals surface area contributed by atoms with Crippen molar-refractivity contribution in [2.24, 2.45) is 10.3 Å². The van der Waals surface area contributed by atoms with Crippen LogP contribution in [0.4, 0.5) is 5.13 Å². The lowest BCUT2D eigenvalue weighted by Gasteiger charge is -2.49. The number of carboxylic acids is 1. The molecule has 5 heterocycles. The molecule has 17 heteroatoms. The second-order valence-electron chi connectivity index (χ2n) is 8.77. The van der Waals surface area contributed by atoms with Crippen molar-refractivity contribution in [1.29, 1.82) is 0 Å². The lowest BCUT2D eigenvalue weighted by molar-refractivity contribution is -0.150. The van der Waals surface area contributed by atoms with E-state index >= 15 is 0 Å². The Bertz CT molecular complexity index is 1370. The van der Waals surface area contributed by atoms with E-state index in [1.54, 1.807) is 28.4 Å². The van der Waals surface area contributed by atoms with Crippen LogP contribution in [0, 0.1) is 0 Å². The first-order valence-corrected chi connectivity index (χ1v) is 15.0. The summed E-state index contributed by atoms with van der Waals surface area (Å²) in [4.78, 5) is 50.4. The number of aliphatic carboxylic acids is 1. The average molecular weight is 607 g/mol. The number of nitrogens with one attached hydrogen (secondary N) is 1. The number of thiazole rings is 1. The van der Waals surface area contributed by atoms with Gasteiger partial charge in [0, 0.05) is 48.9 Å². The number of nitrogens with zero attached hydrogens (tertiary/aromatic N) is 6. The Balaban J connectivity index is 1.27. The number of hydrogen-bond donors (Lipinski definition) is 4. The summed E-state index contributed by atoms with van der Waals surface area (Å²) in [5.74, 6) is -0.483. The molecule has 5 N–H and O–H groups in total. The zero-order valence-electron chi connectivity index (χ0n) is 21.2. The molecule has 1 fully saturated rings. The van der Waals surface area contributed by atoms with E-state index in [0.29, 0.717) is 24.2 Å². The van der Waals surface area contributed by atoms with Gasteiger partial charge in [-0.3, -0.25) is 14.5 Å². The quantitative estimate of drug-likeness (QED) is 0.126. The number of oxime groups is 1. The Labute approximate surface area is 241 Å². The fraction of sp³-hybridized carbons (Fsp3) is 0.391. The van der Waals surface area contributed by atoms with Gasteiger partial charge in [-0.05, 0) is 18.1 Å². The molecule has 212 valence electrons. The van der Waals surface area contributed by atoms with Gasteiger partial charge in [-0.15, -0.1) is 34.9 Å². The Hall–Kier alpha value is -3.54. The van der Waals surface area contributed by atoms with E-state index in [1.165, 1.54) is 23.8 Å². The number of allylic oxidation sites excluding steroid dienone is 1. The topological polar surface area (TPSA) is 186 Å². The standard InChI is InChI=1S/C23H26N8O6S3/c1-37-28-16(13-11-40-23(24)25-13)19(33)26-17-20(34)31-18(22(35)36)12(10-39-21(17)31)9-29-5-6-30-15(29)4-3-14(27-30)38-8-2-7-32/h4-6,11,17,21,32H,2-3,7-10H2,1H3,(H2,24,25)(H,26,33)(H,35,36)/t17-,21+/m1/s1. The van der Waals surface area contributed by atoms with Crippen LogP contribution in [0.3, 0.4) is 0 Å². The van der Waals surface area contributed by atoms with Gasteiger partial charge in [-0.1, -0.05) is 5.16 Å². The summed E-state index contributed by atoms with van der Waals surface area (Å²) in [5.41, 5.74) is 6.23. The Morgan fingerprint density at radius 2 is 2.20 bits per heavy atom. The predicted octanol–water partition coefficient (Wildman–Crippen LogP) is 0.577. The van der Waals surface area contributed by atoms with Crippen LogP contribution in [0.1, 0.15) is 18.5 Å². The number of β-lactam (4-membered cyclic amide) rings is 1. The van der Waals surface area contributed by atoms with Crippen LogP contribution in [0.15, 0.2) is 51.2 Å². The number of carbonyl (C=O) groups excluding carboxylic acids is 2. The molecule has 0 spiro atoms. The van der Waals surface area contributed by atoms with Crippen molar-refractivity contribution in [3.8, 4) is 0 Å². The SMILES string of the molecule is CON=C(C(=O)N[C@@H]1C(=O)N2C(C(=O)O)=C(CN3C=CN4N=C(SCCCO)CC=C34)CS[C@@H]12)c1csc(N)n1. The molecule has 4 aliphatic heterocycles. The molecule has 5 rings (SSSR count). The maximum Gasteiger partial charge on any atom is 0.352 e. The second kappa shape index (κ2) is 11.9. The number of nitrogens with two attached hydrogens (primary N) is 1. The van der Waals surface area contributed by atoms with Crippen LogP contribution in [0.25, 0.3) is 0 Å². The Morgan fingerprint density at radius 1 is 1.38 bits per heavy atom. The molecule has 40 heavy (non-hydrogen) atoms. The maximum atomic E-state index is 13.1. The highest BCUT2D eigenvalue weighted by molar-refractivity contribution is 8.13. The Morgan fingerprint density at radius 3 is 2.90 bits per heavy atom. The molecular weight excluding hydrogens is 581 g/mol. The summed E-state index contributed by atoms with van der Waals surface area (Å²) >= 11 is 4.10. The van der Waals surface area contributed by atoms with Crippen LogP contribution in [-0.4, -0.2) is 102 Å². The number of hydrogen-bond acceptors (Lipinski definition) is 14. The first-order chi connectivity index (χ1) is 19.3. The number of carboxylic acid groups (broad SMARTS) is 1. The zero-order chi connectivity index (χ0) is 28.4. The summed E-state index contributed by atoms with van der Waals surface area (Å²) in [6.07, 6.45) is 6.96. The molecule has 0 bridgehead atoms. The minimum absolute atomic E-state index is 0.0793. The van der Waals surface area contributed by atoms with Crippen molar-refractivity contribution < 1.29 is 29.4 Å². The van der Waals surface area contributed by atoms with Crippen molar-refractivity contribution in [2.45, 2.75) is 24.3 Å². The number of thioether (sulfide) groups is 2. The molecular formula is C23H26N8O6S3. The Kier molecular flexibility index (Phi) is 8.34. The van der Waals surface area contributed by atoms with E-state index in [9.17, 15) is 19.5 Å². The van der Waals surface area contributed by atoms with Gasteiger partial charge in [0.05, 0.1) is 5.04 Å². The van der Waals surface area contributed by atoms with Crippen molar-refractivity contribution in [3.05, 3.63) is 46.6 Å². The van der Waals surface area contributed by atoms with E-state index in [2.05, 4.69) is 20.6 Å². The number of anilines is 1. The maximum absolute atomic E-state index is 13.1. The molecule has 0 unspecified atom stereocenters. The minimum Gasteiger partial charge on any atom is -0.477 e. The van der Waals surface area contributed by atoms with Gasteiger partial charge in [0.15, 0.2) is 10.8 Å². The number of fused-ring (bicyclic) bond motifs is 2. The van der Waals surface area contributed by atoms with Crippen LogP contribution >= 0.6 is 34.9 Å². The van der Waals surface area contributed by atoms with Crippen molar-refractivity contribution in [1.82, 2.24) is 25.1 Å². The molecule has 0 aromatic carbocycles. The summed E-state index contributed by atoms with van der Waals surface area (Å²) in [7, 11) is 1.28. The summed E-state index contributed by atoms with van der Waals surface area (Å²) in [6.45, 7) is 0.399. The molecule has 1 saturated heterocycles. The van der Waals surface area contributed by atoms with Crippen molar-refractivity contribution in [2.75, 3.05) is 37.5 Å². The van der Waals surface area contributed by atoms with Gasteiger partial charge in [0.25, 0.3) is 11.8 Å². The highest BCUT2D eigenvalue weighted by Gasteiger charge is 2.54. The van der Waals surface area contributed by atoms with E-state index in [-0.39, 0.29) is 35.4 Å². The van der Waals surface area contributed by atoms with E-state index in [0.717, 1.165) is 28.0 Å². The third-order valence-electron chi connectivity index (χ3n) is 6.23. The van der Waals surface area contributed by atoms with Gasteiger partial charge in [0.2, 0.25) is 0 Å². The molecule has 1 aromatic rings. The normalized spacial score (nSPS) is 22.0. The third kappa shape index (κ3) is 5.41. The van der Waals surface area contributed by atoms with Crippen LogP contribution in [-0.2, 0) is 19.2 Å². The number of aromatic nitrogens is 1. The number of rotatable bonds is 10. The predicted molar refractivity (Wildman–Crippen MR) is 152 cm³/mol. The fourth-order valence-electron chi connectivity index (χ4n) is 4.45. The lowest BCUT2D eigenvalue weighted by atomic mass is 10.0. The summed E-state index contributed by atoms with van der Waals surface area (Å²) in [5, 5.41) is 33.9. The molecule has 0 saturated carbocycles. The number of hydrazone groups is 1. The lowest BCUT2D eigenvalue weighted by Crippen LogP contribution is -2.71. The third-order valence-corrected chi connectivity index (χ3v) is 9.31. The summed E-state index contributed by atoms with van der Waals surface area (Å²) in [6, 6.07) is -0.939. The van der Waals surface area contributed by atoms with Gasteiger partial charge in [0.1, 0.15) is 35.7 Å². The van der Waals surface area contributed by atoms with Crippen molar-refractivity contribution in [3.63, 3.8) is 0 Å². The van der Waals surface area contributed by atoms with Crippen molar-refractivity contribution >= 4 is 68.5 Å². The molecule has 2 amide bonds. The smallest absolute Gasteiger partial charge is 0.352 e. The van der Waals surface area contributed by atoms with Gasteiger partial charge < -0.3 is 31.0 Å². The first kappa shape index (κ1) is 28.0. The number of aliphatic hydroxyl groups excluding tert-OH is 1. The minimum atomic E-state index is -1.21. The van der Waals surface area contributed by atoms with E-state index in [4.69, 9.17) is 15.7 Å². The molecule has 0 radical (unpaired) electrons. The van der Waals surface area contributed by atoms with Crippen LogP contribution in [0.2, 0.25) is 0 Å². The first-order valence-electron chi connectivity index (χ1n) is 12.1. The van der Waals surface area contributed by atoms with Crippen LogP contribution < -0.4 is 11.1 Å². The molecule has 2 atom stereocenters. The number of carbonyl (C=O) groups is 3. The number of amides is 2. The highest BCUT2D eigenvalue weighted by Crippen LogP contribution is 2.41. The molecule has 1 aromatic heterocycles.